The Morgan fingerprint density at radius 2 is 1.50 bits per heavy atom. The first kappa shape index (κ1) is 14.4. The van der Waals surface area contributed by atoms with Crippen LogP contribution in [0.15, 0.2) is 47.4 Å². The SMILES string of the molecule is CN(c1c(F)cccc1F)S(=O)(=O)c1cccc(F)c1. The third kappa shape index (κ3) is 2.49. The topological polar surface area (TPSA) is 37.4 Å². The van der Waals surface area contributed by atoms with Gasteiger partial charge in [0, 0.05) is 7.05 Å². The molecule has 0 N–H and O–H groups in total. The lowest BCUT2D eigenvalue weighted by atomic mass is 10.3. The first-order chi connectivity index (χ1) is 9.34. The van der Waals surface area contributed by atoms with Crippen molar-refractivity contribution in [3.05, 3.63) is 59.9 Å². The number of hydrogen-bond acceptors (Lipinski definition) is 2. The van der Waals surface area contributed by atoms with Crippen LogP contribution >= 0.6 is 0 Å². The molecule has 0 aliphatic carbocycles. The number of para-hydroxylation sites is 1. The minimum absolute atomic E-state index is 0.386. The lowest BCUT2D eigenvalue weighted by molar-refractivity contribution is 0.570. The fraction of sp³-hybridized carbons (Fsp3) is 0.0769. The molecule has 0 unspecified atom stereocenters. The van der Waals surface area contributed by atoms with Gasteiger partial charge >= 0.3 is 0 Å². The second-order valence-corrected chi connectivity index (χ2v) is 5.97. The van der Waals surface area contributed by atoms with E-state index in [1.807, 2.05) is 0 Å². The van der Waals surface area contributed by atoms with E-state index >= 15 is 0 Å². The van der Waals surface area contributed by atoms with Crippen LogP contribution in [0.3, 0.4) is 0 Å². The average molecular weight is 301 g/mol. The summed E-state index contributed by atoms with van der Waals surface area (Å²) in [6, 6.07) is 7.21. The molecule has 0 radical (unpaired) electrons. The molecule has 0 aliphatic heterocycles. The fourth-order valence-corrected chi connectivity index (χ4v) is 2.94. The zero-order chi connectivity index (χ0) is 14.9. The van der Waals surface area contributed by atoms with Crippen LogP contribution < -0.4 is 4.31 Å². The molecule has 7 heteroatoms. The molecule has 3 nitrogen and oxygen atoms in total. The molecule has 0 heterocycles. The van der Waals surface area contributed by atoms with Gasteiger partial charge in [0.25, 0.3) is 10.0 Å². The summed E-state index contributed by atoms with van der Waals surface area (Å²) in [7, 11) is -3.24. The minimum atomic E-state index is -4.25. The van der Waals surface area contributed by atoms with Crippen LogP contribution in [0.25, 0.3) is 0 Å². The summed E-state index contributed by atoms with van der Waals surface area (Å²) in [5.74, 6) is -2.80. The van der Waals surface area contributed by atoms with Gasteiger partial charge in [0.05, 0.1) is 4.90 Å². The van der Waals surface area contributed by atoms with Crippen LogP contribution in [0.1, 0.15) is 0 Å². The van der Waals surface area contributed by atoms with E-state index in [0.717, 1.165) is 43.4 Å². The maximum atomic E-state index is 13.6. The highest BCUT2D eigenvalue weighted by Crippen LogP contribution is 2.27. The van der Waals surface area contributed by atoms with Crippen molar-refractivity contribution in [1.82, 2.24) is 0 Å². The third-order valence-electron chi connectivity index (χ3n) is 2.71. The molecule has 0 bridgehead atoms. The Balaban J connectivity index is 2.55. The number of hydrogen-bond donors (Lipinski definition) is 0. The second-order valence-electron chi connectivity index (χ2n) is 4.00. The van der Waals surface area contributed by atoms with Gasteiger partial charge in [-0.3, -0.25) is 4.31 Å². The molecular weight excluding hydrogens is 291 g/mol. The minimum Gasteiger partial charge on any atom is -0.263 e. The number of sulfonamides is 1. The van der Waals surface area contributed by atoms with Gasteiger partial charge in [-0.1, -0.05) is 12.1 Å². The summed E-state index contributed by atoms with van der Waals surface area (Å²) in [5, 5.41) is 0. The first-order valence-electron chi connectivity index (χ1n) is 5.52. The van der Waals surface area contributed by atoms with Crippen molar-refractivity contribution in [2.45, 2.75) is 4.90 Å². The zero-order valence-corrected chi connectivity index (χ0v) is 11.2. The highest BCUT2D eigenvalue weighted by molar-refractivity contribution is 7.92. The lowest BCUT2D eigenvalue weighted by Crippen LogP contribution is -2.28. The molecule has 2 rings (SSSR count). The van der Waals surface area contributed by atoms with Gasteiger partial charge in [-0.15, -0.1) is 0 Å². The van der Waals surface area contributed by atoms with Crippen molar-refractivity contribution >= 4 is 15.7 Å². The van der Waals surface area contributed by atoms with Gasteiger partial charge in [0.1, 0.15) is 11.5 Å². The van der Waals surface area contributed by atoms with Gasteiger partial charge in [0.15, 0.2) is 11.6 Å². The van der Waals surface area contributed by atoms with Crippen LogP contribution in [-0.4, -0.2) is 15.5 Å². The first-order valence-corrected chi connectivity index (χ1v) is 6.96. The number of anilines is 1. The van der Waals surface area contributed by atoms with Gasteiger partial charge in [-0.05, 0) is 30.3 Å². The van der Waals surface area contributed by atoms with Crippen molar-refractivity contribution < 1.29 is 21.6 Å². The molecule has 20 heavy (non-hydrogen) atoms. The molecule has 106 valence electrons. The number of nitrogens with zero attached hydrogens (tertiary/aromatic N) is 1. The van der Waals surface area contributed by atoms with E-state index in [1.54, 1.807) is 0 Å². The number of halogens is 3. The Hall–Kier alpha value is -2.02. The van der Waals surface area contributed by atoms with E-state index < -0.39 is 33.2 Å². The Labute approximate surface area is 114 Å². The predicted octanol–water partition coefficient (Wildman–Crippen LogP) is 2.93. The molecule has 2 aromatic rings. The van der Waals surface area contributed by atoms with Crippen LogP contribution in [0.5, 0.6) is 0 Å². The van der Waals surface area contributed by atoms with Crippen molar-refractivity contribution in [2.24, 2.45) is 0 Å². The lowest BCUT2D eigenvalue weighted by Gasteiger charge is -2.20. The molecule has 2 aromatic carbocycles. The van der Waals surface area contributed by atoms with E-state index in [4.69, 9.17) is 0 Å². The maximum absolute atomic E-state index is 13.6. The monoisotopic (exact) mass is 301 g/mol. The van der Waals surface area contributed by atoms with Crippen molar-refractivity contribution in [3.8, 4) is 0 Å². The predicted molar refractivity (Wildman–Crippen MR) is 68.3 cm³/mol. The molecule has 0 aromatic heterocycles. The number of rotatable bonds is 3. The highest BCUT2D eigenvalue weighted by Gasteiger charge is 2.26. The second kappa shape index (κ2) is 5.16. The van der Waals surface area contributed by atoms with Crippen molar-refractivity contribution in [2.75, 3.05) is 11.4 Å². The molecule has 0 spiro atoms. The van der Waals surface area contributed by atoms with E-state index in [-0.39, 0.29) is 4.90 Å². The van der Waals surface area contributed by atoms with Crippen LogP contribution in [0, 0.1) is 17.5 Å². The van der Waals surface area contributed by atoms with E-state index in [0.29, 0.717) is 4.31 Å². The van der Waals surface area contributed by atoms with Gasteiger partial charge in [-0.2, -0.15) is 0 Å². The molecule has 0 amide bonds. The Bertz CT molecular complexity index is 727. The normalized spacial score (nSPS) is 11.4. The Morgan fingerprint density at radius 3 is 2.05 bits per heavy atom. The molecule has 0 aliphatic rings. The van der Waals surface area contributed by atoms with Gasteiger partial charge < -0.3 is 0 Å². The Kier molecular flexibility index (Phi) is 3.71. The summed E-state index contributed by atoms with van der Waals surface area (Å²) in [6.45, 7) is 0. The fourth-order valence-electron chi connectivity index (χ4n) is 1.70. The molecule has 0 saturated heterocycles. The average Bonchev–Trinajstić information content (AvgIpc) is 2.38. The zero-order valence-electron chi connectivity index (χ0n) is 10.3. The third-order valence-corrected chi connectivity index (χ3v) is 4.46. The van der Waals surface area contributed by atoms with Crippen LogP contribution in [0.4, 0.5) is 18.9 Å². The summed E-state index contributed by atoms with van der Waals surface area (Å²) in [4.78, 5) is -0.386. The Morgan fingerprint density at radius 1 is 0.950 bits per heavy atom. The molecule has 0 fully saturated rings. The summed E-state index contributed by atoms with van der Waals surface area (Å²) < 4.78 is 65.2. The van der Waals surface area contributed by atoms with Crippen LogP contribution in [-0.2, 0) is 10.0 Å². The maximum Gasteiger partial charge on any atom is 0.264 e. The van der Waals surface area contributed by atoms with Crippen molar-refractivity contribution in [1.29, 1.82) is 0 Å². The summed E-state index contributed by atoms with van der Waals surface area (Å²) in [5.41, 5.74) is -0.711. The van der Waals surface area contributed by atoms with Gasteiger partial charge in [-0.25, -0.2) is 21.6 Å². The summed E-state index contributed by atoms with van der Waals surface area (Å²) >= 11 is 0. The van der Waals surface area contributed by atoms with Crippen LogP contribution in [0.2, 0.25) is 0 Å². The smallest absolute Gasteiger partial charge is 0.263 e. The molecular formula is C13H10F3NO2S. The van der Waals surface area contributed by atoms with E-state index in [2.05, 4.69) is 0 Å². The van der Waals surface area contributed by atoms with Gasteiger partial charge in [0.2, 0.25) is 0 Å². The van der Waals surface area contributed by atoms with Crippen molar-refractivity contribution in [3.63, 3.8) is 0 Å². The largest absolute Gasteiger partial charge is 0.264 e. The standard InChI is InChI=1S/C13H10F3NO2S/c1-17(13-11(15)6-3-7-12(13)16)20(18,19)10-5-2-4-9(14)8-10/h2-8H,1H3. The van der Waals surface area contributed by atoms with E-state index in [1.165, 1.54) is 6.07 Å². The quantitative estimate of drug-likeness (QED) is 0.874. The molecule has 0 atom stereocenters. The number of benzene rings is 2. The molecule has 0 saturated carbocycles. The van der Waals surface area contributed by atoms with E-state index in [9.17, 15) is 21.6 Å². The summed E-state index contributed by atoms with van der Waals surface area (Å²) in [6.07, 6.45) is 0. The highest BCUT2D eigenvalue weighted by atomic mass is 32.2.